The molecule has 2 N–H and O–H groups in total. The number of hydrogen-bond donors (Lipinski definition) is 2. The standard InChI is InChI=1S/C17H22N4O2/c22-21(23)14-5-6-15-16(9-14)19-17(18-15)11-20-8-7-12-3-1-2-4-13(12)10-20/h5-6,9,12-13H,1-4,7-8,10-11H2,(H,18,19)/p+1/t12-,13-/m1/s1. The molecule has 0 amide bonds. The summed E-state index contributed by atoms with van der Waals surface area (Å²) in [7, 11) is 0. The number of piperidine rings is 1. The van der Waals surface area contributed by atoms with Gasteiger partial charge in [0, 0.05) is 18.1 Å². The highest BCUT2D eigenvalue weighted by atomic mass is 16.6. The van der Waals surface area contributed by atoms with E-state index in [1.165, 1.54) is 51.3 Å². The molecule has 1 aromatic heterocycles. The topological polar surface area (TPSA) is 76.3 Å². The van der Waals surface area contributed by atoms with Crippen molar-refractivity contribution in [2.45, 2.75) is 38.6 Å². The second-order valence-corrected chi connectivity index (χ2v) is 7.12. The second kappa shape index (κ2) is 5.92. The number of aromatic nitrogens is 2. The van der Waals surface area contributed by atoms with Crippen molar-refractivity contribution < 1.29 is 9.82 Å². The third-order valence-electron chi connectivity index (χ3n) is 5.63. The number of likely N-dealkylation sites (tertiary alicyclic amines) is 1. The van der Waals surface area contributed by atoms with Crippen LogP contribution in [0.4, 0.5) is 5.69 Å². The molecule has 1 saturated carbocycles. The molecule has 2 aliphatic rings. The van der Waals surface area contributed by atoms with Crippen LogP contribution in [0.5, 0.6) is 0 Å². The largest absolute Gasteiger partial charge is 0.337 e. The molecule has 6 nitrogen and oxygen atoms in total. The Morgan fingerprint density at radius 1 is 1.26 bits per heavy atom. The average molecular weight is 315 g/mol. The molecular weight excluding hydrogens is 292 g/mol. The van der Waals surface area contributed by atoms with E-state index in [9.17, 15) is 10.1 Å². The molecule has 1 aliphatic carbocycles. The van der Waals surface area contributed by atoms with Gasteiger partial charge in [-0.1, -0.05) is 12.8 Å². The van der Waals surface area contributed by atoms with Crippen molar-refractivity contribution >= 4 is 16.7 Å². The molecule has 0 bridgehead atoms. The Labute approximate surface area is 135 Å². The number of non-ortho nitro benzene ring substituents is 1. The highest BCUT2D eigenvalue weighted by Gasteiger charge is 2.33. The van der Waals surface area contributed by atoms with Crippen molar-refractivity contribution in [3.63, 3.8) is 0 Å². The summed E-state index contributed by atoms with van der Waals surface area (Å²) in [6.45, 7) is 3.37. The van der Waals surface area contributed by atoms with Crippen LogP contribution in [0.25, 0.3) is 11.0 Å². The van der Waals surface area contributed by atoms with E-state index < -0.39 is 0 Å². The van der Waals surface area contributed by atoms with Crippen molar-refractivity contribution in [2.75, 3.05) is 13.1 Å². The Morgan fingerprint density at radius 2 is 2.09 bits per heavy atom. The van der Waals surface area contributed by atoms with Gasteiger partial charge < -0.3 is 9.88 Å². The minimum absolute atomic E-state index is 0.114. The first-order valence-electron chi connectivity index (χ1n) is 8.65. The lowest BCUT2D eigenvalue weighted by molar-refractivity contribution is -0.924. The van der Waals surface area contributed by atoms with Crippen LogP contribution >= 0.6 is 0 Å². The zero-order chi connectivity index (χ0) is 15.8. The third kappa shape index (κ3) is 2.95. The molecule has 2 fully saturated rings. The summed E-state index contributed by atoms with van der Waals surface area (Å²) < 4.78 is 0. The zero-order valence-corrected chi connectivity index (χ0v) is 13.3. The molecule has 1 unspecified atom stereocenters. The number of nitrogens with one attached hydrogen (secondary N) is 2. The van der Waals surface area contributed by atoms with E-state index in [0.717, 1.165) is 35.2 Å². The van der Waals surface area contributed by atoms with Crippen LogP contribution in [0.15, 0.2) is 18.2 Å². The minimum Gasteiger partial charge on any atom is -0.337 e. The van der Waals surface area contributed by atoms with Gasteiger partial charge in [0.05, 0.1) is 29.0 Å². The maximum Gasteiger partial charge on any atom is 0.271 e. The lowest BCUT2D eigenvalue weighted by Crippen LogP contribution is -3.12. The molecule has 0 radical (unpaired) electrons. The predicted octanol–water partition coefficient (Wildman–Crippen LogP) is 2.07. The fraction of sp³-hybridized carbons (Fsp3) is 0.588. The van der Waals surface area contributed by atoms with Crippen LogP contribution in [-0.4, -0.2) is 28.0 Å². The van der Waals surface area contributed by atoms with Crippen LogP contribution in [0.1, 0.15) is 37.9 Å². The molecule has 6 heteroatoms. The quantitative estimate of drug-likeness (QED) is 0.672. The first kappa shape index (κ1) is 14.6. The van der Waals surface area contributed by atoms with Crippen LogP contribution in [0, 0.1) is 22.0 Å². The van der Waals surface area contributed by atoms with Gasteiger partial charge in [-0.3, -0.25) is 10.1 Å². The molecule has 1 saturated heterocycles. The summed E-state index contributed by atoms with van der Waals surface area (Å²) in [5.41, 5.74) is 1.70. The summed E-state index contributed by atoms with van der Waals surface area (Å²) in [5.74, 6) is 2.79. The number of fused-ring (bicyclic) bond motifs is 2. The van der Waals surface area contributed by atoms with Gasteiger partial charge in [0.2, 0.25) is 0 Å². The van der Waals surface area contributed by atoms with Crippen molar-refractivity contribution in [3.8, 4) is 0 Å². The predicted molar refractivity (Wildman–Crippen MR) is 87.2 cm³/mol. The minimum atomic E-state index is -0.362. The van der Waals surface area contributed by atoms with Crippen molar-refractivity contribution in [1.82, 2.24) is 9.97 Å². The molecular formula is C17H23N4O2+. The molecule has 1 aromatic carbocycles. The van der Waals surface area contributed by atoms with Gasteiger partial charge in [0.15, 0.2) is 5.82 Å². The molecule has 4 rings (SSSR count). The normalized spacial score (nSPS) is 27.7. The Bertz CT molecular complexity index is 726. The van der Waals surface area contributed by atoms with E-state index in [1.54, 1.807) is 17.0 Å². The van der Waals surface area contributed by atoms with Gasteiger partial charge in [-0.2, -0.15) is 0 Å². The number of quaternary nitrogens is 1. The van der Waals surface area contributed by atoms with Gasteiger partial charge in [0.1, 0.15) is 6.54 Å². The number of nitro groups is 1. The Kier molecular flexibility index (Phi) is 3.77. The maximum absolute atomic E-state index is 10.9. The Hall–Kier alpha value is -1.95. The fourth-order valence-corrected chi connectivity index (χ4v) is 4.44. The number of hydrogen-bond acceptors (Lipinski definition) is 3. The van der Waals surface area contributed by atoms with Crippen LogP contribution in [-0.2, 0) is 6.54 Å². The van der Waals surface area contributed by atoms with Crippen LogP contribution < -0.4 is 4.90 Å². The maximum atomic E-state index is 10.9. The van der Waals surface area contributed by atoms with Crippen molar-refractivity contribution in [3.05, 3.63) is 34.1 Å². The number of nitro benzene ring substituents is 1. The van der Waals surface area contributed by atoms with Crippen LogP contribution in [0.2, 0.25) is 0 Å². The van der Waals surface area contributed by atoms with Gasteiger partial charge in [-0.05, 0) is 31.2 Å². The molecule has 3 atom stereocenters. The monoisotopic (exact) mass is 315 g/mol. The number of H-pyrrole nitrogens is 1. The van der Waals surface area contributed by atoms with E-state index in [0.29, 0.717) is 0 Å². The smallest absolute Gasteiger partial charge is 0.271 e. The average Bonchev–Trinajstić information content (AvgIpc) is 2.96. The highest BCUT2D eigenvalue weighted by molar-refractivity contribution is 5.77. The van der Waals surface area contributed by atoms with Gasteiger partial charge >= 0.3 is 0 Å². The fourth-order valence-electron chi connectivity index (χ4n) is 4.44. The van der Waals surface area contributed by atoms with E-state index in [-0.39, 0.29) is 10.6 Å². The highest BCUT2D eigenvalue weighted by Crippen LogP contribution is 2.32. The molecule has 0 spiro atoms. The molecule has 23 heavy (non-hydrogen) atoms. The lowest BCUT2D eigenvalue weighted by Gasteiger charge is -2.38. The second-order valence-electron chi connectivity index (χ2n) is 7.12. The molecule has 2 heterocycles. The first-order valence-corrected chi connectivity index (χ1v) is 8.65. The summed E-state index contributed by atoms with van der Waals surface area (Å²) in [6, 6.07) is 4.83. The zero-order valence-electron chi connectivity index (χ0n) is 13.3. The summed E-state index contributed by atoms with van der Waals surface area (Å²) in [6.07, 6.45) is 6.96. The Balaban J connectivity index is 1.48. The van der Waals surface area contributed by atoms with E-state index in [2.05, 4.69) is 9.97 Å². The van der Waals surface area contributed by atoms with Gasteiger partial charge in [0.25, 0.3) is 5.69 Å². The molecule has 1 aliphatic heterocycles. The molecule has 2 aromatic rings. The van der Waals surface area contributed by atoms with Crippen molar-refractivity contribution in [1.29, 1.82) is 0 Å². The molecule has 122 valence electrons. The van der Waals surface area contributed by atoms with E-state index in [4.69, 9.17) is 0 Å². The van der Waals surface area contributed by atoms with Crippen molar-refractivity contribution in [2.24, 2.45) is 11.8 Å². The summed E-state index contributed by atoms with van der Waals surface area (Å²) >= 11 is 0. The first-order chi connectivity index (χ1) is 11.2. The van der Waals surface area contributed by atoms with E-state index in [1.807, 2.05) is 0 Å². The third-order valence-corrected chi connectivity index (χ3v) is 5.63. The van der Waals surface area contributed by atoms with Crippen LogP contribution in [0.3, 0.4) is 0 Å². The number of imidazole rings is 1. The van der Waals surface area contributed by atoms with Gasteiger partial charge in [-0.15, -0.1) is 0 Å². The van der Waals surface area contributed by atoms with E-state index >= 15 is 0 Å². The number of rotatable bonds is 3. The Morgan fingerprint density at radius 3 is 2.91 bits per heavy atom. The SMILES string of the molecule is O=[N+]([O-])c1ccc2nc(C[NH+]3CC[C@H]4CCCC[C@@H]4C3)[nH]c2c1. The number of benzene rings is 1. The summed E-state index contributed by atoms with van der Waals surface area (Å²) in [4.78, 5) is 20.0. The van der Waals surface area contributed by atoms with Gasteiger partial charge in [-0.25, -0.2) is 4.98 Å². The number of nitrogens with zero attached hydrogens (tertiary/aromatic N) is 2. The lowest BCUT2D eigenvalue weighted by atomic mass is 9.75. The number of aromatic amines is 1. The summed E-state index contributed by atoms with van der Waals surface area (Å²) in [5, 5.41) is 10.9.